The first-order chi connectivity index (χ1) is 10.0. The molecule has 110 valence electrons. The maximum Gasteiger partial charge on any atom is 0.337 e. The summed E-state index contributed by atoms with van der Waals surface area (Å²) in [5, 5.41) is 2.66. The third kappa shape index (κ3) is 3.53. The maximum absolute atomic E-state index is 13.6. The van der Waals surface area contributed by atoms with Crippen molar-refractivity contribution in [2.45, 2.75) is 6.54 Å². The minimum Gasteiger partial charge on any atom is -0.465 e. The van der Waals surface area contributed by atoms with Crippen molar-refractivity contribution in [2.75, 3.05) is 12.4 Å². The van der Waals surface area contributed by atoms with Crippen LogP contribution < -0.4 is 5.32 Å². The number of ether oxygens (including phenoxy) is 1. The number of benzene rings is 2. The van der Waals surface area contributed by atoms with Crippen molar-refractivity contribution >= 4 is 11.7 Å². The lowest BCUT2D eigenvalue weighted by molar-refractivity contribution is 0.0600. The van der Waals surface area contributed by atoms with Gasteiger partial charge in [-0.15, -0.1) is 0 Å². The van der Waals surface area contributed by atoms with Gasteiger partial charge in [0.15, 0.2) is 0 Å². The first kappa shape index (κ1) is 14.9. The van der Waals surface area contributed by atoms with E-state index in [-0.39, 0.29) is 23.4 Å². The van der Waals surface area contributed by atoms with Gasteiger partial charge >= 0.3 is 5.97 Å². The molecule has 3 nitrogen and oxygen atoms in total. The van der Waals surface area contributed by atoms with Crippen LogP contribution in [-0.4, -0.2) is 13.1 Å². The van der Waals surface area contributed by atoms with Crippen molar-refractivity contribution in [3.8, 4) is 0 Å². The number of rotatable bonds is 4. The van der Waals surface area contributed by atoms with E-state index >= 15 is 0 Å². The Labute approximate surface area is 119 Å². The van der Waals surface area contributed by atoms with Crippen LogP contribution in [0.5, 0.6) is 0 Å². The highest BCUT2D eigenvalue weighted by Crippen LogP contribution is 2.19. The second-order valence-electron chi connectivity index (χ2n) is 4.28. The van der Waals surface area contributed by atoms with E-state index in [2.05, 4.69) is 10.1 Å². The molecule has 0 amide bonds. The van der Waals surface area contributed by atoms with Crippen molar-refractivity contribution in [3.05, 3.63) is 65.0 Å². The molecule has 2 aromatic rings. The minimum atomic E-state index is -0.730. The van der Waals surface area contributed by atoms with E-state index < -0.39 is 23.4 Å². The Morgan fingerprint density at radius 2 is 1.86 bits per heavy atom. The molecule has 6 heteroatoms. The fourth-order valence-electron chi connectivity index (χ4n) is 1.76. The average Bonchev–Trinajstić information content (AvgIpc) is 2.47. The first-order valence-corrected chi connectivity index (χ1v) is 6.07. The zero-order valence-corrected chi connectivity index (χ0v) is 11.1. The normalized spacial score (nSPS) is 10.3. The molecule has 0 atom stereocenters. The summed E-state index contributed by atoms with van der Waals surface area (Å²) in [6, 6.07) is 6.78. The van der Waals surface area contributed by atoms with Crippen LogP contribution in [0.2, 0.25) is 0 Å². The van der Waals surface area contributed by atoms with Crippen LogP contribution >= 0.6 is 0 Å². The molecule has 0 aromatic heterocycles. The molecule has 0 aliphatic rings. The summed E-state index contributed by atoms with van der Waals surface area (Å²) in [7, 11) is 1.21. The highest BCUT2D eigenvalue weighted by atomic mass is 19.1. The van der Waals surface area contributed by atoms with E-state index in [0.29, 0.717) is 0 Å². The van der Waals surface area contributed by atoms with Crippen LogP contribution in [-0.2, 0) is 11.3 Å². The zero-order valence-electron chi connectivity index (χ0n) is 11.1. The standard InChI is InChI=1S/C15H12F3NO2/c1-21-15(20)9-3-5-12(17)14(6-9)19-8-10-2-4-11(16)7-13(10)18/h2-7,19H,8H2,1H3. The largest absolute Gasteiger partial charge is 0.465 e. The number of nitrogens with one attached hydrogen (secondary N) is 1. The van der Waals surface area contributed by atoms with E-state index in [4.69, 9.17) is 0 Å². The number of hydrogen-bond acceptors (Lipinski definition) is 3. The number of hydrogen-bond donors (Lipinski definition) is 1. The molecule has 0 bridgehead atoms. The third-order valence-corrected chi connectivity index (χ3v) is 2.87. The average molecular weight is 295 g/mol. The molecule has 21 heavy (non-hydrogen) atoms. The molecule has 2 rings (SSSR count). The number of carbonyl (C=O) groups is 1. The van der Waals surface area contributed by atoms with Gasteiger partial charge in [-0.25, -0.2) is 18.0 Å². The fraction of sp³-hybridized carbons (Fsp3) is 0.133. The van der Waals surface area contributed by atoms with E-state index in [1.807, 2.05) is 0 Å². The number of halogens is 3. The van der Waals surface area contributed by atoms with E-state index in [1.54, 1.807) is 0 Å². The van der Waals surface area contributed by atoms with Gasteiger partial charge in [0.2, 0.25) is 0 Å². The summed E-state index contributed by atoms with van der Waals surface area (Å²) in [6.07, 6.45) is 0. The Bertz CT molecular complexity index is 674. The number of methoxy groups -OCH3 is 1. The van der Waals surface area contributed by atoms with Crippen LogP contribution in [0.4, 0.5) is 18.9 Å². The highest BCUT2D eigenvalue weighted by Gasteiger charge is 2.10. The third-order valence-electron chi connectivity index (χ3n) is 2.87. The SMILES string of the molecule is COC(=O)c1ccc(F)c(NCc2ccc(F)cc2F)c1. The van der Waals surface area contributed by atoms with Crippen molar-refractivity contribution in [1.29, 1.82) is 0 Å². The van der Waals surface area contributed by atoms with E-state index in [9.17, 15) is 18.0 Å². The van der Waals surface area contributed by atoms with Crippen molar-refractivity contribution < 1.29 is 22.7 Å². The molecule has 0 saturated heterocycles. The van der Waals surface area contributed by atoms with Gasteiger partial charge in [-0.05, 0) is 24.3 Å². The maximum atomic E-state index is 13.6. The van der Waals surface area contributed by atoms with Gasteiger partial charge in [-0.3, -0.25) is 0 Å². The molecule has 0 aliphatic heterocycles. The molecular weight excluding hydrogens is 283 g/mol. The Kier molecular flexibility index (Phi) is 4.47. The second-order valence-corrected chi connectivity index (χ2v) is 4.28. The summed E-state index contributed by atoms with van der Waals surface area (Å²) < 4.78 is 44.4. The van der Waals surface area contributed by atoms with Gasteiger partial charge in [0.25, 0.3) is 0 Å². The highest BCUT2D eigenvalue weighted by molar-refractivity contribution is 5.90. The molecule has 0 heterocycles. The van der Waals surface area contributed by atoms with Gasteiger partial charge in [0.1, 0.15) is 17.5 Å². The lowest BCUT2D eigenvalue weighted by atomic mass is 10.1. The smallest absolute Gasteiger partial charge is 0.337 e. The van der Waals surface area contributed by atoms with Crippen LogP contribution in [0.3, 0.4) is 0 Å². The summed E-state index contributed by atoms with van der Waals surface area (Å²) in [5.41, 5.74) is 0.377. The molecule has 2 aromatic carbocycles. The van der Waals surface area contributed by atoms with Crippen molar-refractivity contribution in [3.63, 3.8) is 0 Å². The lowest BCUT2D eigenvalue weighted by Gasteiger charge is -2.10. The van der Waals surface area contributed by atoms with Gasteiger partial charge in [-0.1, -0.05) is 6.07 Å². The molecule has 0 saturated carbocycles. The number of carbonyl (C=O) groups excluding carboxylic acids is 1. The quantitative estimate of drug-likeness (QED) is 0.877. The fourth-order valence-corrected chi connectivity index (χ4v) is 1.76. The number of anilines is 1. The molecular formula is C15H12F3NO2. The summed E-state index contributed by atoms with van der Waals surface area (Å²) in [6.45, 7) is -0.0480. The topological polar surface area (TPSA) is 38.3 Å². The van der Waals surface area contributed by atoms with Gasteiger partial charge in [0.05, 0.1) is 18.4 Å². The second kappa shape index (κ2) is 6.30. The molecule has 0 fully saturated rings. The van der Waals surface area contributed by atoms with Gasteiger partial charge in [0, 0.05) is 18.2 Å². The van der Waals surface area contributed by atoms with E-state index in [1.165, 1.54) is 25.3 Å². The molecule has 1 N–H and O–H groups in total. The molecule has 0 radical (unpaired) electrons. The van der Waals surface area contributed by atoms with Gasteiger partial charge in [-0.2, -0.15) is 0 Å². The first-order valence-electron chi connectivity index (χ1n) is 6.07. The summed E-state index contributed by atoms with van der Waals surface area (Å²) in [5.74, 6) is -2.61. The molecule has 0 spiro atoms. The Hall–Kier alpha value is -2.50. The number of esters is 1. The molecule has 0 aliphatic carbocycles. The summed E-state index contributed by atoms with van der Waals surface area (Å²) >= 11 is 0. The lowest BCUT2D eigenvalue weighted by Crippen LogP contribution is -2.07. The van der Waals surface area contributed by atoms with Crippen LogP contribution in [0.15, 0.2) is 36.4 Å². The van der Waals surface area contributed by atoms with Crippen LogP contribution in [0.25, 0.3) is 0 Å². The van der Waals surface area contributed by atoms with Crippen LogP contribution in [0, 0.1) is 17.5 Å². The minimum absolute atomic E-state index is 0.0293. The van der Waals surface area contributed by atoms with Crippen LogP contribution in [0.1, 0.15) is 15.9 Å². The van der Waals surface area contributed by atoms with Crippen molar-refractivity contribution in [1.82, 2.24) is 0 Å². The predicted molar refractivity (Wildman–Crippen MR) is 71.4 cm³/mol. The van der Waals surface area contributed by atoms with Crippen molar-refractivity contribution in [2.24, 2.45) is 0 Å². The monoisotopic (exact) mass is 295 g/mol. The Morgan fingerprint density at radius 3 is 2.52 bits per heavy atom. The predicted octanol–water partition coefficient (Wildman–Crippen LogP) is 3.50. The molecule has 0 unspecified atom stereocenters. The Balaban J connectivity index is 2.17. The zero-order chi connectivity index (χ0) is 15.4. The Morgan fingerprint density at radius 1 is 1.10 bits per heavy atom. The van der Waals surface area contributed by atoms with E-state index in [0.717, 1.165) is 18.2 Å². The van der Waals surface area contributed by atoms with Gasteiger partial charge < -0.3 is 10.1 Å². The summed E-state index contributed by atoms with van der Waals surface area (Å²) in [4.78, 5) is 11.4.